The van der Waals surface area contributed by atoms with Crippen molar-refractivity contribution in [1.82, 2.24) is 4.90 Å². The standard InChI is InChI=1S/C16H21NO2/c1-19-15-7-5-12(6-8-15)14-9-10-17(11-14)16(18)13-3-2-4-13/h5-8,13-14H,2-4,9-11H2,1H3. The van der Waals surface area contributed by atoms with Crippen molar-refractivity contribution in [3.8, 4) is 5.75 Å². The van der Waals surface area contributed by atoms with E-state index in [1.807, 2.05) is 12.1 Å². The zero-order valence-electron chi connectivity index (χ0n) is 11.5. The van der Waals surface area contributed by atoms with Gasteiger partial charge in [-0.3, -0.25) is 4.79 Å². The Morgan fingerprint density at radius 2 is 1.95 bits per heavy atom. The maximum Gasteiger partial charge on any atom is 0.225 e. The molecule has 0 aromatic heterocycles. The van der Waals surface area contributed by atoms with Crippen molar-refractivity contribution in [2.24, 2.45) is 5.92 Å². The van der Waals surface area contributed by atoms with Crippen molar-refractivity contribution in [3.63, 3.8) is 0 Å². The van der Waals surface area contributed by atoms with Gasteiger partial charge < -0.3 is 9.64 Å². The van der Waals surface area contributed by atoms with Gasteiger partial charge in [0.25, 0.3) is 0 Å². The Morgan fingerprint density at radius 3 is 2.53 bits per heavy atom. The maximum atomic E-state index is 12.2. The van der Waals surface area contributed by atoms with Crippen LogP contribution in [0.25, 0.3) is 0 Å². The molecule has 1 saturated carbocycles. The number of methoxy groups -OCH3 is 1. The van der Waals surface area contributed by atoms with E-state index in [1.165, 1.54) is 12.0 Å². The lowest BCUT2D eigenvalue weighted by Gasteiger charge is -2.29. The Morgan fingerprint density at radius 1 is 1.21 bits per heavy atom. The largest absolute Gasteiger partial charge is 0.497 e. The number of ether oxygens (including phenoxy) is 1. The predicted molar refractivity (Wildman–Crippen MR) is 74.3 cm³/mol. The lowest BCUT2D eigenvalue weighted by Crippen LogP contribution is -2.37. The lowest BCUT2D eigenvalue weighted by atomic mass is 9.84. The molecule has 1 aromatic carbocycles. The summed E-state index contributed by atoms with van der Waals surface area (Å²) in [6.45, 7) is 1.81. The van der Waals surface area contributed by atoms with Crippen molar-refractivity contribution >= 4 is 5.91 Å². The van der Waals surface area contributed by atoms with Crippen LogP contribution in [0.4, 0.5) is 0 Å². The van der Waals surface area contributed by atoms with Gasteiger partial charge in [0.2, 0.25) is 5.91 Å². The number of amides is 1. The summed E-state index contributed by atoms with van der Waals surface area (Å²) in [7, 11) is 1.68. The number of hydrogen-bond donors (Lipinski definition) is 0. The second kappa shape index (κ2) is 5.24. The van der Waals surface area contributed by atoms with Crippen LogP contribution in [0.15, 0.2) is 24.3 Å². The first-order valence-corrected chi connectivity index (χ1v) is 7.20. The molecule has 0 spiro atoms. The molecular weight excluding hydrogens is 238 g/mol. The molecule has 1 heterocycles. The highest BCUT2D eigenvalue weighted by molar-refractivity contribution is 5.80. The summed E-state index contributed by atoms with van der Waals surface area (Å²) < 4.78 is 5.18. The van der Waals surface area contributed by atoms with Gasteiger partial charge in [0.15, 0.2) is 0 Å². The molecule has 1 aliphatic heterocycles. The number of hydrogen-bond acceptors (Lipinski definition) is 2. The molecule has 1 aliphatic carbocycles. The van der Waals surface area contributed by atoms with E-state index in [1.54, 1.807) is 7.11 Å². The molecule has 2 fully saturated rings. The first-order valence-electron chi connectivity index (χ1n) is 7.20. The molecular formula is C16H21NO2. The number of benzene rings is 1. The minimum Gasteiger partial charge on any atom is -0.497 e. The third-order valence-electron chi connectivity index (χ3n) is 4.54. The highest BCUT2D eigenvalue weighted by Crippen LogP contribution is 2.33. The smallest absolute Gasteiger partial charge is 0.225 e. The van der Waals surface area contributed by atoms with E-state index >= 15 is 0 Å². The average molecular weight is 259 g/mol. The fourth-order valence-electron chi connectivity index (χ4n) is 3.02. The van der Waals surface area contributed by atoms with Gasteiger partial charge in [-0.15, -0.1) is 0 Å². The zero-order chi connectivity index (χ0) is 13.2. The highest BCUT2D eigenvalue weighted by atomic mass is 16.5. The maximum absolute atomic E-state index is 12.2. The third kappa shape index (κ3) is 2.46. The topological polar surface area (TPSA) is 29.5 Å². The van der Waals surface area contributed by atoms with Crippen LogP contribution in [-0.2, 0) is 4.79 Å². The molecule has 0 radical (unpaired) electrons. The zero-order valence-corrected chi connectivity index (χ0v) is 11.5. The molecule has 19 heavy (non-hydrogen) atoms. The monoisotopic (exact) mass is 259 g/mol. The van der Waals surface area contributed by atoms with E-state index in [0.29, 0.717) is 17.7 Å². The van der Waals surface area contributed by atoms with Gasteiger partial charge in [0.1, 0.15) is 5.75 Å². The predicted octanol–water partition coefficient (Wildman–Crippen LogP) is 2.81. The molecule has 3 rings (SSSR count). The van der Waals surface area contributed by atoms with Gasteiger partial charge in [-0.2, -0.15) is 0 Å². The van der Waals surface area contributed by atoms with Gasteiger partial charge in [-0.1, -0.05) is 18.6 Å². The van der Waals surface area contributed by atoms with Gasteiger partial charge in [-0.25, -0.2) is 0 Å². The van der Waals surface area contributed by atoms with Crippen molar-refractivity contribution in [2.45, 2.75) is 31.6 Å². The highest BCUT2D eigenvalue weighted by Gasteiger charge is 2.33. The van der Waals surface area contributed by atoms with Crippen LogP contribution in [0.5, 0.6) is 5.75 Å². The van der Waals surface area contributed by atoms with Crippen LogP contribution < -0.4 is 4.74 Å². The molecule has 1 unspecified atom stereocenters. The Labute approximate surface area is 114 Å². The molecule has 0 bridgehead atoms. The van der Waals surface area contributed by atoms with E-state index in [-0.39, 0.29) is 0 Å². The molecule has 1 saturated heterocycles. The van der Waals surface area contributed by atoms with Crippen LogP contribution in [0.2, 0.25) is 0 Å². The van der Waals surface area contributed by atoms with Gasteiger partial charge in [0, 0.05) is 24.9 Å². The fraction of sp³-hybridized carbons (Fsp3) is 0.562. The Bertz CT molecular complexity index is 450. The minimum absolute atomic E-state index is 0.328. The second-order valence-electron chi connectivity index (χ2n) is 5.67. The van der Waals surface area contributed by atoms with E-state index in [4.69, 9.17) is 4.74 Å². The SMILES string of the molecule is COc1ccc(C2CCN(C(=O)C3CCC3)C2)cc1. The Balaban J connectivity index is 1.62. The first-order chi connectivity index (χ1) is 9.28. The van der Waals surface area contributed by atoms with E-state index in [2.05, 4.69) is 17.0 Å². The molecule has 3 heteroatoms. The summed E-state index contributed by atoms with van der Waals surface area (Å²) in [5, 5.41) is 0. The third-order valence-corrected chi connectivity index (χ3v) is 4.54. The minimum atomic E-state index is 0.328. The number of likely N-dealkylation sites (tertiary alicyclic amines) is 1. The van der Waals surface area contributed by atoms with Gasteiger partial charge >= 0.3 is 0 Å². The van der Waals surface area contributed by atoms with Crippen molar-refractivity contribution in [1.29, 1.82) is 0 Å². The molecule has 3 nitrogen and oxygen atoms in total. The number of rotatable bonds is 3. The van der Waals surface area contributed by atoms with Gasteiger partial charge in [0.05, 0.1) is 7.11 Å². The second-order valence-corrected chi connectivity index (χ2v) is 5.67. The van der Waals surface area contributed by atoms with Gasteiger partial charge in [-0.05, 0) is 37.0 Å². The summed E-state index contributed by atoms with van der Waals surface area (Å²) in [4.78, 5) is 14.3. The summed E-state index contributed by atoms with van der Waals surface area (Å²) in [5.41, 5.74) is 1.32. The molecule has 102 valence electrons. The molecule has 0 N–H and O–H groups in total. The summed E-state index contributed by atoms with van der Waals surface area (Å²) in [5.74, 6) is 2.11. The molecule has 2 aliphatic rings. The fourth-order valence-corrected chi connectivity index (χ4v) is 3.02. The molecule has 1 amide bonds. The van der Waals surface area contributed by atoms with Crippen molar-refractivity contribution in [3.05, 3.63) is 29.8 Å². The van der Waals surface area contributed by atoms with Crippen LogP contribution in [0.3, 0.4) is 0 Å². The Kier molecular flexibility index (Phi) is 3.45. The number of carbonyl (C=O) groups is 1. The number of nitrogens with zero attached hydrogens (tertiary/aromatic N) is 1. The summed E-state index contributed by atoms with van der Waals surface area (Å²) in [6, 6.07) is 8.26. The van der Waals surface area contributed by atoms with E-state index in [0.717, 1.165) is 38.1 Å². The summed E-state index contributed by atoms with van der Waals surface area (Å²) >= 11 is 0. The quantitative estimate of drug-likeness (QED) is 0.835. The first kappa shape index (κ1) is 12.5. The lowest BCUT2D eigenvalue weighted by molar-refractivity contribution is -0.137. The molecule has 1 aromatic rings. The Hall–Kier alpha value is -1.51. The average Bonchev–Trinajstić information content (AvgIpc) is 2.86. The number of carbonyl (C=O) groups excluding carboxylic acids is 1. The summed E-state index contributed by atoms with van der Waals surface area (Å²) in [6.07, 6.45) is 4.52. The molecule has 1 atom stereocenters. The normalized spacial score (nSPS) is 23.2. The van der Waals surface area contributed by atoms with E-state index < -0.39 is 0 Å². The van der Waals surface area contributed by atoms with Crippen LogP contribution >= 0.6 is 0 Å². The van der Waals surface area contributed by atoms with Crippen LogP contribution in [0.1, 0.15) is 37.2 Å². The van der Waals surface area contributed by atoms with Crippen molar-refractivity contribution < 1.29 is 9.53 Å². The van der Waals surface area contributed by atoms with E-state index in [9.17, 15) is 4.79 Å². The van der Waals surface area contributed by atoms with Crippen LogP contribution in [0, 0.1) is 5.92 Å². The van der Waals surface area contributed by atoms with Crippen molar-refractivity contribution in [2.75, 3.05) is 20.2 Å². The van der Waals surface area contributed by atoms with Crippen LogP contribution in [-0.4, -0.2) is 31.0 Å².